The first-order chi connectivity index (χ1) is 12.4. The maximum Gasteiger partial charge on any atom is 0.119 e. The molecule has 1 heterocycles. The molecule has 2 aromatic carbocycles. The fourth-order valence-electron chi connectivity index (χ4n) is 2.93. The lowest BCUT2D eigenvalue weighted by atomic mass is 10.1. The minimum Gasteiger partial charge on any atom is -0.493 e. The predicted molar refractivity (Wildman–Crippen MR) is 102 cm³/mol. The van der Waals surface area contributed by atoms with Crippen LogP contribution in [0.25, 0.3) is 10.9 Å². The molecule has 132 valence electrons. The van der Waals surface area contributed by atoms with Crippen LogP contribution >= 0.6 is 0 Å². The summed E-state index contributed by atoms with van der Waals surface area (Å²) in [5.74, 6) is 0.923. The number of aromatic nitrogens is 1. The lowest BCUT2D eigenvalue weighted by Gasteiger charge is -2.09. The van der Waals surface area contributed by atoms with Crippen LogP contribution in [0.15, 0.2) is 54.7 Å². The highest BCUT2D eigenvalue weighted by Crippen LogP contribution is 2.18. The van der Waals surface area contributed by atoms with Crippen LogP contribution in [-0.2, 0) is 17.7 Å². The third-order valence-corrected chi connectivity index (χ3v) is 4.24. The van der Waals surface area contributed by atoms with Gasteiger partial charge in [0.15, 0.2) is 0 Å². The molecule has 0 saturated heterocycles. The maximum atomic E-state index is 5.75. The van der Waals surface area contributed by atoms with Crippen molar-refractivity contribution in [3.8, 4) is 5.75 Å². The topological polar surface area (TPSA) is 46.3 Å². The molecule has 0 unspecified atom stereocenters. The minimum absolute atomic E-state index is 0.686. The van der Waals surface area contributed by atoms with Crippen LogP contribution in [0.4, 0.5) is 0 Å². The predicted octanol–water partition coefficient (Wildman–Crippen LogP) is 3.92. The Morgan fingerprint density at radius 3 is 2.88 bits per heavy atom. The highest BCUT2D eigenvalue weighted by Gasteiger charge is 2.02. The minimum atomic E-state index is 0.686. The van der Waals surface area contributed by atoms with Crippen molar-refractivity contribution in [3.63, 3.8) is 0 Å². The van der Waals surface area contributed by atoms with E-state index in [1.165, 1.54) is 22.0 Å². The van der Waals surface area contributed by atoms with Crippen LogP contribution in [0.5, 0.6) is 5.75 Å². The molecular formula is C21H26N2O2. The number of H-pyrrole nitrogens is 1. The van der Waals surface area contributed by atoms with Gasteiger partial charge in [-0.2, -0.15) is 0 Å². The van der Waals surface area contributed by atoms with Crippen LogP contribution in [0.2, 0.25) is 0 Å². The Morgan fingerprint density at radius 2 is 1.96 bits per heavy atom. The Balaban J connectivity index is 1.44. The number of hydrogen-bond acceptors (Lipinski definition) is 3. The highest BCUT2D eigenvalue weighted by atomic mass is 16.5. The van der Waals surface area contributed by atoms with E-state index in [0.29, 0.717) is 6.61 Å². The Bertz CT molecular complexity index is 782. The van der Waals surface area contributed by atoms with Crippen LogP contribution in [0.3, 0.4) is 0 Å². The Morgan fingerprint density at radius 1 is 1.04 bits per heavy atom. The van der Waals surface area contributed by atoms with Crippen LogP contribution in [0.1, 0.15) is 17.5 Å². The van der Waals surface area contributed by atoms with Crippen molar-refractivity contribution in [2.45, 2.75) is 19.4 Å². The summed E-state index contributed by atoms with van der Waals surface area (Å²) < 4.78 is 10.8. The van der Waals surface area contributed by atoms with E-state index >= 15 is 0 Å². The Kier molecular flexibility index (Phi) is 6.48. The van der Waals surface area contributed by atoms with Crippen molar-refractivity contribution in [3.05, 3.63) is 65.9 Å². The van der Waals surface area contributed by atoms with Gasteiger partial charge in [-0.1, -0.05) is 30.3 Å². The first kappa shape index (κ1) is 17.5. The Hall–Kier alpha value is -2.30. The molecule has 1 aromatic heterocycles. The van der Waals surface area contributed by atoms with Gasteiger partial charge in [0.25, 0.3) is 0 Å². The van der Waals surface area contributed by atoms with Crippen molar-refractivity contribution in [1.82, 2.24) is 10.3 Å². The number of fused-ring (bicyclic) bond motifs is 1. The second-order valence-electron chi connectivity index (χ2n) is 6.13. The van der Waals surface area contributed by atoms with E-state index < -0.39 is 0 Å². The fraction of sp³-hybridized carbons (Fsp3) is 0.333. The van der Waals surface area contributed by atoms with Gasteiger partial charge in [0, 0.05) is 43.8 Å². The van der Waals surface area contributed by atoms with E-state index in [0.717, 1.165) is 38.3 Å². The first-order valence-corrected chi connectivity index (χ1v) is 8.83. The number of rotatable bonds is 10. The monoisotopic (exact) mass is 338 g/mol. The van der Waals surface area contributed by atoms with Gasteiger partial charge in [0.2, 0.25) is 0 Å². The average Bonchev–Trinajstić information content (AvgIpc) is 3.06. The van der Waals surface area contributed by atoms with Gasteiger partial charge in [-0.25, -0.2) is 0 Å². The van der Waals surface area contributed by atoms with Crippen molar-refractivity contribution < 1.29 is 9.47 Å². The van der Waals surface area contributed by atoms with E-state index in [4.69, 9.17) is 9.47 Å². The van der Waals surface area contributed by atoms with E-state index in [1.54, 1.807) is 7.11 Å². The quantitative estimate of drug-likeness (QED) is 0.551. The zero-order valence-corrected chi connectivity index (χ0v) is 14.8. The summed E-state index contributed by atoms with van der Waals surface area (Å²) in [6.07, 6.45) is 4.03. The van der Waals surface area contributed by atoms with Gasteiger partial charge < -0.3 is 19.8 Å². The summed E-state index contributed by atoms with van der Waals surface area (Å²) >= 11 is 0. The van der Waals surface area contributed by atoms with E-state index in [9.17, 15) is 0 Å². The van der Waals surface area contributed by atoms with Gasteiger partial charge in [0.1, 0.15) is 5.75 Å². The molecule has 0 aliphatic carbocycles. The molecule has 0 aliphatic heterocycles. The second kappa shape index (κ2) is 9.25. The normalized spacial score (nSPS) is 11.1. The number of benzene rings is 2. The summed E-state index contributed by atoms with van der Waals surface area (Å²) in [4.78, 5) is 3.33. The lowest BCUT2D eigenvalue weighted by molar-refractivity contribution is 0.172. The number of methoxy groups -OCH3 is 1. The maximum absolute atomic E-state index is 5.75. The van der Waals surface area contributed by atoms with Crippen molar-refractivity contribution in [2.75, 3.05) is 26.9 Å². The summed E-state index contributed by atoms with van der Waals surface area (Å²) in [5, 5.41) is 4.83. The molecule has 0 fully saturated rings. The molecular weight excluding hydrogens is 312 g/mol. The molecule has 4 nitrogen and oxygen atoms in total. The summed E-state index contributed by atoms with van der Waals surface area (Å²) in [5.41, 5.74) is 3.80. The fourth-order valence-corrected chi connectivity index (χ4v) is 2.93. The number of aromatic amines is 1. The average molecular weight is 338 g/mol. The van der Waals surface area contributed by atoms with E-state index in [-0.39, 0.29) is 0 Å². The van der Waals surface area contributed by atoms with Crippen LogP contribution < -0.4 is 10.1 Å². The van der Waals surface area contributed by atoms with Crippen molar-refractivity contribution in [2.24, 2.45) is 0 Å². The summed E-state index contributed by atoms with van der Waals surface area (Å²) in [6, 6.07) is 16.7. The molecule has 0 aliphatic rings. The third-order valence-electron chi connectivity index (χ3n) is 4.24. The largest absolute Gasteiger partial charge is 0.493 e. The van der Waals surface area contributed by atoms with Crippen molar-refractivity contribution in [1.29, 1.82) is 0 Å². The molecule has 4 heteroatoms. The molecule has 0 radical (unpaired) electrons. The SMILES string of the molecule is COCCCOc1cccc(CNCCc2c[nH]c3ccccc23)c1. The number of nitrogens with one attached hydrogen (secondary N) is 2. The smallest absolute Gasteiger partial charge is 0.119 e. The van der Waals surface area contributed by atoms with Gasteiger partial charge in [-0.3, -0.25) is 0 Å². The molecule has 2 N–H and O–H groups in total. The zero-order valence-electron chi connectivity index (χ0n) is 14.8. The molecule has 3 rings (SSSR count). The number of para-hydroxylation sites is 1. The number of ether oxygens (including phenoxy) is 2. The first-order valence-electron chi connectivity index (χ1n) is 8.83. The molecule has 0 spiro atoms. The summed E-state index contributed by atoms with van der Waals surface area (Å²) in [6.45, 7) is 3.21. The number of hydrogen-bond donors (Lipinski definition) is 2. The van der Waals surface area contributed by atoms with Gasteiger partial charge in [-0.05, 0) is 42.3 Å². The lowest BCUT2D eigenvalue weighted by Crippen LogP contribution is -2.16. The molecule has 0 atom stereocenters. The molecule has 3 aromatic rings. The van der Waals surface area contributed by atoms with E-state index in [1.807, 2.05) is 12.1 Å². The van der Waals surface area contributed by atoms with E-state index in [2.05, 4.69) is 52.9 Å². The highest BCUT2D eigenvalue weighted by molar-refractivity contribution is 5.83. The molecule has 25 heavy (non-hydrogen) atoms. The summed E-state index contributed by atoms with van der Waals surface area (Å²) in [7, 11) is 1.71. The zero-order chi connectivity index (χ0) is 17.3. The van der Waals surface area contributed by atoms with Crippen LogP contribution in [-0.4, -0.2) is 31.9 Å². The van der Waals surface area contributed by atoms with Gasteiger partial charge in [0.05, 0.1) is 6.61 Å². The van der Waals surface area contributed by atoms with Gasteiger partial charge >= 0.3 is 0 Å². The molecule has 0 bridgehead atoms. The third kappa shape index (κ3) is 5.08. The second-order valence-corrected chi connectivity index (χ2v) is 6.13. The standard InChI is InChI=1S/C21H26N2O2/c1-24-12-5-13-25-19-7-4-6-17(14-19)15-22-11-10-18-16-23-21-9-3-2-8-20(18)21/h2-4,6-9,14,16,22-23H,5,10-13,15H2,1H3. The van der Waals surface area contributed by atoms with Crippen LogP contribution in [0, 0.1) is 0 Å². The van der Waals surface area contributed by atoms with Gasteiger partial charge in [-0.15, -0.1) is 0 Å². The Labute approximate surface area is 149 Å². The van der Waals surface area contributed by atoms with Crippen molar-refractivity contribution >= 4 is 10.9 Å². The molecule has 0 saturated carbocycles. The molecule has 0 amide bonds.